The van der Waals surface area contributed by atoms with Crippen molar-refractivity contribution in [1.29, 1.82) is 0 Å². The molecule has 1 aromatic carbocycles. The molecule has 0 aliphatic carbocycles. The van der Waals surface area contributed by atoms with Gasteiger partial charge in [0.05, 0.1) is 0 Å². The molecule has 3 nitrogen and oxygen atoms in total. The molecule has 1 N–H and O–H groups in total. The minimum absolute atomic E-state index is 0.771. The molecule has 0 atom stereocenters. The first-order valence-corrected chi connectivity index (χ1v) is 5.56. The zero-order chi connectivity index (χ0) is 9.97. The third-order valence-corrected chi connectivity index (χ3v) is 2.74. The van der Waals surface area contributed by atoms with Gasteiger partial charge in [-0.1, -0.05) is 12.1 Å². The largest absolute Gasteiger partial charge is 0.263 e. The minimum Gasteiger partial charge on any atom is -0.263 e. The predicted molar refractivity (Wildman–Crippen MR) is 58.3 cm³/mol. The van der Waals surface area contributed by atoms with E-state index < -0.39 is 0 Å². The SMILES string of the molecule is CSc1ccccc1-c1n[nH]c(C)n1. The summed E-state index contributed by atoms with van der Waals surface area (Å²) in [4.78, 5) is 5.51. The summed E-state index contributed by atoms with van der Waals surface area (Å²) in [5.41, 5.74) is 1.09. The van der Waals surface area contributed by atoms with Crippen molar-refractivity contribution in [1.82, 2.24) is 15.2 Å². The molecule has 0 fully saturated rings. The van der Waals surface area contributed by atoms with E-state index in [0.717, 1.165) is 17.2 Å². The Morgan fingerprint density at radius 3 is 2.71 bits per heavy atom. The van der Waals surface area contributed by atoms with Gasteiger partial charge in [0, 0.05) is 10.5 Å². The highest BCUT2D eigenvalue weighted by molar-refractivity contribution is 7.98. The summed E-state index contributed by atoms with van der Waals surface area (Å²) in [5, 5.41) is 6.99. The van der Waals surface area contributed by atoms with Crippen molar-refractivity contribution in [2.45, 2.75) is 11.8 Å². The topological polar surface area (TPSA) is 41.6 Å². The van der Waals surface area contributed by atoms with Crippen LogP contribution in [0.15, 0.2) is 29.2 Å². The highest BCUT2D eigenvalue weighted by Gasteiger charge is 2.07. The van der Waals surface area contributed by atoms with Crippen LogP contribution in [0.2, 0.25) is 0 Å². The Kier molecular flexibility index (Phi) is 2.54. The maximum Gasteiger partial charge on any atom is 0.182 e. The van der Waals surface area contributed by atoms with Gasteiger partial charge >= 0.3 is 0 Å². The van der Waals surface area contributed by atoms with E-state index in [1.807, 2.05) is 25.1 Å². The van der Waals surface area contributed by atoms with E-state index >= 15 is 0 Å². The molecule has 1 aromatic heterocycles. The van der Waals surface area contributed by atoms with Crippen molar-refractivity contribution in [2.24, 2.45) is 0 Å². The molecular formula is C10H11N3S. The van der Waals surface area contributed by atoms with E-state index in [0.29, 0.717) is 0 Å². The molecule has 0 bridgehead atoms. The van der Waals surface area contributed by atoms with E-state index in [4.69, 9.17) is 0 Å². The fourth-order valence-electron chi connectivity index (χ4n) is 1.29. The molecule has 0 unspecified atom stereocenters. The first-order chi connectivity index (χ1) is 6.81. The van der Waals surface area contributed by atoms with Crippen LogP contribution in [0, 0.1) is 6.92 Å². The number of rotatable bonds is 2. The summed E-state index contributed by atoms with van der Waals surface area (Å²) in [6, 6.07) is 8.13. The van der Waals surface area contributed by atoms with Gasteiger partial charge in [-0.2, -0.15) is 5.10 Å². The molecule has 1 heterocycles. The summed E-state index contributed by atoms with van der Waals surface area (Å²) in [6.45, 7) is 1.90. The molecule has 0 saturated carbocycles. The zero-order valence-electron chi connectivity index (χ0n) is 8.11. The van der Waals surface area contributed by atoms with Crippen LogP contribution in [-0.4, -0.2) is 21.4 Å². The number of benzene rings is 1. The second-order valence-corrected chi connectivity index (χ2v) is 3.79. The van der Waals surface area contributed by atoms with Gasteiger partial charge in [0.2, 0.25) is 0 Å². The van der Waals surface area contributed by atoms with Gasteiger partial charge in [-0.05, 0) is 25.3 Å². The maximum absolute atomic E-state index is 4.31. The lowest BCUT2D eigenvalue weighted by atomic mass is 10.2. The van der Waals surface area contributed by atoms with Gasteiger partial charge in [-0.15, -0.1) is 11.8 Å². The Balaban J connectivity index is 2.50. The van der Waals surface area contributed by atoms with Crippen molar-refractivity contribution in [2.75, 3.05) is 6.26 Å². The van der Waals surface area contributed by atoms with Crippen LogP contribution in [0.4, 0.5) is 0 Å². The number of H-pyrrole nitrogens is 1. The van der Waals surface area contributed by atoms with Crippen LogP contribution in [0.5, 0.6) is 0 Å². The molecule has 0 saturated heterocycles. The second kappa shape index (κ2) is 3.84. The standard InChI is InChI=1S/C10H11N3S/c1-7-11-10(13-12-7)8-5-3-4-6-9(8)14-2/h3-6H,1-2H3,(H,11,12,13). The van der Waals surface area contributed by atoms with Gasteiger partial charge in [0.1, 0.15) is 5.82 Å². The predicted octanol–water partition coefficient (Wildman–Crippen LogP) is 2.50. The lowest BCUT2D eigenvalue weighted by molar-refractivity contribution is 1.04. The van der Waals surface area contributed by atoms with Crippen LogP contribution < -0.4 is 0 Å². The number of thioether (sulfide) groups is 1. The molecule has 0 aliphatic heterocycles. The second-order valence-electron chi connectivity index (χ2n) is 2.94. The monoisotopic (exact) mass is 205 g/mol. The molecule has 0 aliphatic rings. The van der Waals surface area contributed by atoms with Crippen molar-refractivity contribution >= 4 is 11.8 Å². The number of aromatic amines is 1. The average Bonchev–Trinajstić information content (AvgIpc) is 2.65. The van der Waals surface area contributed by atoms with E-state index in [1.165, 1.54) is 4.90 Å². The quantitative estimate of drug-likeness (QED) is 0.766. The maximum atomic E-state index is 4.31. The average molecular weight is 205 g/mol. The molecule has 4 heteroatoms. The van der Waals surface area contributed by atoms with Crippen molar-refractivity contribution < 1.29 is 0 Å². The number of nitrogens with zero attached hydrogens (tertiary/aromatic N) is 2. The normalized spacial score (nSPS) is 10.4. The van der Waals surface area contributed by atoms with Crippen LogP contribution in [0.1, 0.15) is 5.82 Å². The van der Waals surface area contributed by atoms with Gasteiger partial charge in [-0.3, -0.25) is 5.10 Å². The highest BCUT2D eigenvalue weighted by Crippen LogP contribution is 2.27. The van der Waals surface area contributed by atoms with Gasteiger partial charge in [0.15, 0.2) is 5.82 Å². The molecule has 0 amide bonds. The molecule has 0 radical (unpaired) electrons. The van der Waals surface area contributed by atoms with Crippen LogP contribution in [0.3, 0.4) is 0 Å². The van der Waals surface area contributed by atoms with E-state index in [1.54, 1.807) is 11.8 Å². The lowest BCUT2D eigenvalue weighted by Crippen LogP contribution is -1.83. The summed E-state index contributed by atoms with van der Waals surface area (Å²) >= 11 is 1.71. The van der Waals surface area contributed by atoms with E-state index in [-0.39, 0.29) is 0 Å². The summed E-state index contributed by atoms with van der Waals surface area (Å²) < 4.78 is 0. The van der Waals surface area contributed by atoms with Gasteiger partial charge in [-0.25, -0.2) is 4.98 Å². The molecule has 72 valence electrons. The summed E-state index contributed by atoms with van der Waals surface area (Å²) in [7, 11) is 0. The van der Waals surface area contributed by atoms with Crippen molar-refractivity contribution in [3.63, 3.8) is 0 Å². The Hall–Kier alpha value is -1.29. The number of aromatic nitrogens is 3. The molecule has 0 spiro atoms. The lowest BCUT2D eigenvalue weighted by Gasteiger charge is -2.01. The molecule has 14 heavy (non-hydrogen) atoms. The van der Waals surface area contributed by atoms with Crippen LogP contribution >= 0.6 is 11.8 Å². The highest BCUT2D eigenvalue weighted by atomic mass is 32.2. The fraction of sp³-hybridized carbons (Fsp3) is 0.200. The number of hydrogen-bond acceptors (Lipinski definition) is 3. The number of aryl methyl sites for hydroxylation is 1. The smallest absolute Gasteiger partial charge is 0.182 e. The Labute approximate surface area is 87.0 Å². The van der Waals surface area contributed by atoms with E-state index in [9.17, 15) is 0 Å². The van der Waals surface area contributed by atoms with Gasteiger partial charge in [0.25, 0.3) is 0 Å². The molecule has 2 rings (SSSR count). The number of nitrogens with one attached hydrogen (secondary N) is 1. The van der Waals surface area contributed by atoms with Gasteiger partial charge < -0.3 is 0 Å². The third kappa shape index (κ3) is 1.65. The Bertz CT molecular complexity index is 436. The first-order valence-electron chi connectivity index (χ1n) is 4.33. The van der Waals surface area contributed by atoms with E-state index in [2.05, 4.69) is 27.5 Å². The number of hydrogen-bond donors (Lipinski definition) is 1. The summed E-state index contributed by atoms with van der Waals surface area (Å²) in [6.07, 6.45) is 2.05. The molecular weight excluding hydrogens is 194 g/mol. The Morgan fingerprint density at radius 1 is 1.29 bits per heavy atom. The van der Waals surface area contributed by atoms with Crippen LogP contribution in [0.25, 0.3) is 11.4 Å². The fourth-order valence-corrected chi connectivity index (χ4v) is 1.89. The molecule has 2 aromatic rings. The minimum atomic E-state index is 0.771. The zero-order valence-corrected chi connectivity index (χ0v) is 8.93. The third-order valence-electron chi connectivity index (χ3n) is 1.95. The Morgan fingerprint density at radius 2 is 2.07 bits per heavy atom. The van der Waals surface area contributed by atoms with Crippen LogP contribution in [-0.2, 0) is 0 Å². The first kappa shape index (κ1) is 9.27. The van der Waals surface area contributed by atoms with Crippen molar-refractivity contribution in [3.05, 3.63) is 30.1 Å². The summed E-state index contributed by atoms with van der Waals surface area (Å²) in [5.74, 6) is 1.61. The van der Waals surface area contributed by atoms with Crippen molar-refractivity contribution in [3.8, 4) is 11.4 Å².